The maximum absolute atomic E-state index is 13.6. The van der Waals surface area contributed by atoms with Gasteiger partial charge in [0.2, 0.25) is 5.95 Å². The molecule has 7 heteroatoms. The number of benzene rings is 2. The van der Waals surface area contributed by atoms with Gasteiger partial charge in [-0.1, -0.05) is 73.9 Å². The van der Waals surface area contributed by atoms with E-state index in [1.54, 1.807) is 0 Å². The molecule has 2 fully saturated rings. The minimum Gasteiger partial charge on any atom is -0.342 e. The summed E-state index contributed by atoms with van der Waals surface area (Å²) in [5.41, 5.74) is 11.9. The molecule has 2 aromatic heterocycles. The quantitative estimate of drug-likeness (QED) is 0.382. The number of hydrogen-bond donors (Lipinski definition) is 3. The first kappa shape index (κ1) is 22.7. The van der Waals surface area contributed by atoms with Crippen LogP contribution in [0.1, 0.15) is 73.4 Å². The van der Waals surface area contributed by atoms with Crippen molar-refractivity contribution in [3.05, 3.63) is 87.3 Å². The maximum atomic E-state index is 13.6. The largest absolute Gasteiger partial charge is 0.342 e. The summed E-state index contributed by atoms with van der Waals surface area (Å²) < 4.78 is 0. The van der Waals surface area contributed by atoms with Crippen LogP contribution in [0.2, 0.25) is 0 Å². The van der Waals surface area contributed by atoms with Crippen LogP contribution in [0.3, 0.4) is 0 Å². The number of rotatable bonds is 3. The van der Waals surface area contributed by atoms with E-state index in [4.69, 9.17) is 15.8 Å². The SMILES string of the molecule is N[C@@H]1c2ccccc2CC12CCN(c1nc3[nH]nc(C4(c5ccccc5)CCCCC4)c3c(=O)[nH]1)CC2. The molecule has 4 aromatic rings. The van der Waals surface area contributed by atoms with Crippen molar-refractivity contribution in [2.45, 2.75) is 62.8 Å². The third-order valence-corrected chi connectivity index (χ3v) is 9.56. The van der Waals surface area contributed by atoms with Gasteiger partial charge in [-0.05, 0) is 54.2 Å². The van der Waals surface area contributed by atoms with Crippen LogP contribution < -0.4 is 16.2 Å². The molecule has 1 atom stereocenters. The number of H-pyrrole nitrogens is 2. The molecule has 7 rings (SSSR count). The highest BCUT2D eigenvalue weighted by Gasteiger charge is 2.46. The van der Waals surface area contributed by atoms with Gasteiger partial charge in [-0.25, -0.2) is 0 Å². The lowest BCUT2D eigenvalue weighted by Gasteiger charge is -2.42. The molecule has 1 saturated heterocycles. The van der Waals surface area contributed by atoms with E-state index in [1.165, 1.54) is 23.1 Å². The first-order valence-electron chi connectivity index (χ1n) is 13.7. The van der Waals surface area contributed by atoms with Crippen LogP contribution in [-0.2, 0) is 11.8 Å². The van der Waals surface area contributed by atoms with Crippen LogP contribution in [0.4, 0.5) is 5.95 Å². The lowest BCUT2D eigenvalue weighted by molar-refractivity contribution is 0.187. The minimum absolute atomic E-state index is 0.0696. The molecule has 0 amide bonds. The Balaban J connectivity index is 1.20. The Kier molecular flexibility index (Phi) is 5.25. The number of aromatic amines is 2. The fourth-order valence-corrected chi connectivity index (χ4v) is 7.47. The molecule has 4 N–H and O–H groups in total. The lowest BCUT2D eigenvalue weighted by atomic mass is 9.67. The van der Waals surface area contributed by atoms with Gasteiger partial charge in [0.05, 0.1) is 5.69 Å². The second-order valence-electron chi connectivity index (χ2n) is 11.4. The average Bonchev–Trinajstić information content (AvgIpc) is 3.50. The molecule has 2 aromatic carbocycles. The molecule has 3 heterocycles. The zero-order chi connectivity index (χ0) is 25.0. The highest BCUT2D eigenvalue weighted by Crippen LogP contribution is 2.51. The van der Waals surface area contributed by atoms with Gasteiger partial charge in [-0.15, -0.1) is 0 Å². The van der Waals surface area contributed by atoms with E-state index in [2.05, 4.69) is 63.5 Å². The number of aromatic nitrogens is 4. The molecule has 1 spiro atoms. The van der Waals surface area contributed by atoms with Gasteiger partial charge < -0.3 is 10.6 Å². The smallest absolute Gasteiger partial charge is 0.263 e. The van der Waals surface area contributed by atoms with Crippen molar-refractivity contribution < 1.29 is 0 Å². The Morgan fingerprint density at radius 1 is 0.919 bits per heavy atom. The van der Waals surface area contributed by atoms with Gasteiger partial charge in [0, 0.05) is 24.5 Å². The lowest BCUT2D eigenvalue weighted by Crippen LogP contribution is -2.45. The van der Waals surface area contributed by atoms with Crippen LogP contribution in [-0.4, -0.2) is 33.3 Å². The molecular formula is C30H34N6O. The number of fused-ring (bicyclic) bond motifs is 2. The summed E-state index contributed by atoms with van der Waals surface area (Å²) in [5.74, 6) is 0.629. The molecule has 1 aliphatic heterocycles. The summed E-state index contributed by atoms with van der Waals surface area (Å²) in [6.45, 7) is 1.65. The predicted octanol–water partition coefficient (Wildman–Crippen LogP) is 4.74. The van der Waals surface area contributed by atoms with Crippen LogP contribution in [0.15, 0.2) is 59.4 Å². The van der Waals surface area contributed by atoms with E-state index < -0.39 is 0 Å². The number of hydrogen-bond acceptors (Lipinski definition) is 5. The molecule has 0 unspecified atom stereocenters. The standard InChI is InChI=1S/C30H34N6O/c31-24-22-12-6-5-9-20(22)19-29(24)15-17-36(18-16-29)28-32-26-23(27(37)33-28)25(34-35-26)30(13-7-2-8-14-30)21-10-3-1-4-11-21/h1,3-6,9-12,24H,2,7-8,13-19,31H2,(H2,32,33,34,35,37)/t24-/m1/s1. The van der Waals surface area contributed by atoms with Gasteiger partial charge in [0.15, 0.2) is 5.65 Å². The molecule has 37 heavy (non-hydrogen) atoms. The summed E-state index contributed by atoms with van der Waals surface area (Å²) >= 11 is 0. The average molecular weight is 495 g/mol. The van der Waals surface area contributed by atoms with E-state index in [0.29, 0.717) is 17.0 Å². The third kappa shape index (κ3) is 3.47. The van der Waals surface area contributed by atoms with Gasteiger partial charge in [-0.2, -0.15) is 10.1 Å². The van der Waals surface area contributed by atoms with Crippen LogP contribution in [0.25, 0.3) is 11.0 Å². The molecule has 3 aliphatic rings. The Labute approximate surface area is 216 Å². The summed E-state index contributed by atoms with van der Waals surface area (Å²) in [4.78, 5) is 23.8. The van der Waals surface area contributed by atoms with Gasteiger partial charge in [0.25, 0.3) is 5.56 Å². The van der Waals surface area contributed by atoms with Crippen LogP contribution in [0.5, 0.6) is 0 Å². The van der Waals surface area contributed by atoms with Crippen LogP contribution >= 0.6 is 0 Å². The van der Waals surface area contributed by atoms with Crippen molar-refractivity contribution in [2.24, 2.45) is 11.1 Å². The van der Waals surface area contributed by atoms with Gasteiger partial charge in [0.1, 0.15) is 5.39 Å². The molecule has 0 radical (unpaired) electrons. The van der Waals surface area contributed by atoms with E-state index in [9.17, 15) is 4.79 Å². The van der Waals surface area contributed by atoms with Crippen molar-refractivity contribution in [1.29, 1.82) is 0 Å². The number of nitrogens with zero attached hydrogens (tertiary/aromatic N) is 3. The van der Waals surface area contributed by atoms with Crippen molar-refractivity contribution in [1.82, 2.24) is 20.2 Å². The fraction of sp³-hybridized carbons (Fsp3) is 0.433. The topological polar surface area (TPSA) is 104 Å². The summed E-state index contributed by atoms with van der Waals surface area (Å²) in [6.07, 6.45) is 8.48. The second kappa shape index (κ2) is 8.55. The van der Waals surface area contributed by atoms with Crippen molar-refractivity contribution in [2.75, 3.05) is 18.0 Å². The third-order valence-electron chi connectivity index (χ3n) is 9.56. The second-order valence-corrected chi connectivity index (χ2v) is 11.4. The summed E-state index contributed by atoms with van der Waals surface area (Å²) in [6, 6.07) is 19.2. The minimum atomic E-state index is -0.251. The Morgan fingerprint density at radius 3 is 2.41 bits per heavy atom. The normalized spacial score (nSPS) is 22.4. The van der Waals surface area contributed by atoms with E-state index in [-0.39, 0.29) is 22.4 Å². The van der Waals surface area contributed by atoms with Crippen molar-refractivity contribution in [3.63, 3.8) is 0 Å². The van der Waals surface area contributed by atoms with Gasteiger partial charge in [-0.3, -0.25) is 14.9 Å². The first-order chi connectivity index (χ1) is 18.1. The number of piperidine rings is 1. The fourth-order valence-electron chi connectivity index (χ4n) is 7.47. The molecule has 190 valence electrons. The monoisotopic (exact) mass is 494 g/mol. The first-order valence-corrected chi connectivity index (χ1v) is 13.7. The molecular weight excluding hydrogens is 460 g/mol. The van der Waals surface area contributed by atoms with E-state index >= 15 is 0 Å². The van der Waals surface area contributed by atoms with Crippen molar-refractivity contribution >= 4 is 17.0 Å². The van der Waals surface area contributed by atoms with Gasteiger partial charge >= 0.3 is 0 Å². The van der Waals surface area contributed by atoms with E-state index in [1.807, 2.05) is 6.07 Å². The summed E-state index contributed by atoms with van der Waals surface area (Å²) in [5, 5.41) is 8.51. The Morgan fingerprint density at radius 2 is 1.65 bits per heavy atom. The van der Waals surface area contributed by atoms with Crippen LogP contribution in [0, 0.1) is 5.41 Å². The highest BCUT2D eigenvalue weighted by molar-refractivity contribution is 5.79. The van der Waals surface area contributed by atoms with Crippen molar-refractivity contribution in [3.8, 4) is 0 Å². The Hall–Kier alpha value is -3.45. The molecule has 2 aliphatic carbocycles. The molecule has 1 saturated carbocycles. The maximum Gasteiger partial charge on any atom is 0.263 e. The molecule has 7 nitrogen and oxygen atoms in total. The highest BCUT2D eigenvalue weighted by atomic mass is 16.1. The number of anilines is 1. The Bertz CT molecular complexity index is 1490. The summed E-state index contributed by atoms with van der Waals surface area (Å²) in [7, 11) is 0. The zero-order valence-corrected chi connectivity index (χ0v) is 21.2. The zero-order valence-electron chi connectivity index (χ0n) is 21.2. The number of nitrogens with two attached hydrogens (primary N) is 1. The number of nitrogens with one attached hydrogen (secondary N) is 2. The van der Waals surface area contributed by atoms with E-state index in [0.717, 1.165) is 63.7 Å². The predicted molar refractivity (Wildman–Crippen MR) is 146 cm³/mol. The molecule has 0 bridgehead atoms.